The van der Waals surface area contributed by atoms with E-state index in [1.165, 1.54) is 0 Å². The highest BCUT2D eigenvalue weighted by atomic mass is 16.4. The Labute approximate surface area is 140 Å². The maximum atomic E-state index is 10.6. The quantitative estimate of drug-likeness (QED) is 0.888. The van der Waals surface area contributed by atoms with Gasteiger partial charge in [-0.15, -0.1) is 5.10 Å². The van der Waals surface area contributed by atoms with Crippen molar-refractivity contribution in [3.8, 4) is 0 Å². The van der Waals surface area contributed by atoms with Crippen LogP contribution in [0.3, 0.4) is 0 Å². The molecule has 0 radical (unpaired) electrons. The Bertz CT molecular complexity index is 701. The number of nitrogens with zero attached hydrogens (tertiary/aromatic N) is 6. The molecule has 2 aromatic heterocycles. The van der Waals surface area contributed by atoms with Gasteiger partial charge in [0.2, 0.25) is 5.95 Å². The van der Waals surface area contributed by atoms with Crippen LogP contribution in [0.5, 0.6) is 0 Å². The summed E-state index contributed by atoms with van der Waals surface area (Å²) in [6.07, 6.45) is 4.26. The number of carbonyl (C=O) groups is 1. The van der Waals surface area contributed by atoms with E-state index in [1.807, 2.05) is 30.8 Å². The lowest BCUT2D eigenvalue weighted by Gasteiger charge is -2.32. The summed E-state index contributed by atoms with van der Waals surface area (Å²) in [6.45, 7) is 5.72. The van der Waals surface area contributed by atoms with Crippen molar-refractivity contribution >= 4 is 11.9 Å². The van der Waals surface area contributed by atoms with E-state index in [0.717, 1.165) is 49.0 Å². The normalized spacial score (nSPS) is 15.7. The second kappa shape index (κ2) is 6.94. The van der Waals surface area contributed by atoms with Crippen molar-refractivity contribution in [1.29, 1.82) is 0 Å². The minimum atomic E-state index is -0.814. The van der Waals surface area contributed by atoms with Crippen LogP contribution in [0.25, 0.3) is 0 Å². The minimum Gasteiger partial charge on any atom is -0.481 e. The van der Waals surface area contributed by atoms with Crippen LogP contribution >= 0.6 is 0 Å². The fraction of sp³-hybridized carbons (Fsp3) is 0.562. The molecule has 0 bridgehead atoms. The molecule has 0 spiro atoms. The van der Waals surface area contributed by atoms with Crippen molar-refractivity contribution < 1.29 is 9.90 Å². The molecule has 1 aliphatic heterocycles. The zero-order chi connectivity index (χ0) is 17.1. The lowest BCUT2D eigenvalue weighted by molar-refractivity contribution is -0.136. The van der Waals surface area contributed by atoms with E-state index >= 15 is 0 Å². The van der Waals surface area contributed by atoms with Gasteiger partial charge in [0, 0.05) is 37.1 Å². The molecular formula is C16H22N6O2. The summed E-state index contributed by atoms with van der Waals surface area (Å²) in [5.74, 6) is -0.0157. The number of aromatic nitrogens is 5. The molecule has 3 heterocycles. The third-order valence-electron chi connectivity index (χ3n) is 4.24. The molecule has 0 atom stereocenters. The molecule has 3 rings (SSSR count). The third-order valence-corrected chi connectivity index (χ3v) is 4.24. The molecule has 0 unspecified atom stereocenters. The standard InChI is InChI=1S/C16H22N6O2/c1-11-9-12(2)18-16(17-11)21-7-5-14(6-8-21)22-10-13(19-20-22)3-4-15(23)24/h9-10,14H,3-8H2,1-2H3,(H,23,24). The first-order chi connectivity index (χ1) is 11.5. The Balaban J connectivity index is 1.59. The van der Waals surface area contributed by atoms with Crippen molar-refractivity contribution in [2.24, 2.45) is 0 Å². The summed E-state index contributed by atoms with van der Waals surface area (Å²) < 4.78 is 1.87. The smallest absolute Gasteiger partial charge is 0.303 e. The molecule has 1 aliphatic rings. The first-order valence-corrected chi connectivity index (χ1v) is 8.21. The van der Waals surface area contributed by atoms with Gasteiger partial charge in [-0.2, -0.15) is 0 Å². The van der Waals surface area contributed by atoms with Gasteiger partial charge in [-0.3, -0.25) is 4.79 Å². The molecule has 0 aliphatic carbocycles. The summed E-state index contributed by atoms with van der Waals surface area (Å²) in [4.78, 5) is 21.9. The summed E-state index contributed by atoms with van der Waals surface area (Å²) in [7, 11) is 0. The number of hydrogen-bond acceptors (Lipinski definition) is 6. The molecule has 2 aromatic rings. The Morgan fingerprint density at radius 3 is 2.54 bits per heavy atom. The maximum absolute atomic E-state index is 10.6. The maximum Gasteiger partial charge on any atom is 0.303 e. The Morgan fingerprint density at radius 2 is 1.92 bits per heavy atom. The molecule has 1 fully saturated rings. The fourth-order valence-corrected chi connectivity index (χ4v) is 3.02. The fourth-order valence-electron chi connectivity index (χ4n) is 3.02. The molecule has 0 saturated carbocycles. The van der Waals surface area contributed by atoms with Gasteiger partial charge in [-0.25, -0.2) is 14.6 Å². The van der Waals surface area contributed by atoms with Gasteiger partial charge < -0.3 is 10.0 Å². The van der Waals surface area contributed by atoms with Crippen LogP contribution in [0.4, 0.5) is 5.95 Å². The number of rotatable bonds is 5. The van der Waals surface area contributed by atoms with Crippen LogP contribution in [-0.4, -0.2) is 49.1 Å². The largest absolute Gasteiger partial charge is 0.481 e. The highest BCUT2D eigenvalue weighted by Gasteiger charge is 2.23. The van der Waals surface area contributed by atoms with Gasteiger partial charge in [-0.05, 0) is 32.8 Å². The molecule has 8 nitrogen and oxygen atoms in total. The van der Waals surface area contributed by atoms with Gasteiger partial charge >= 0.3 is 5.97 Å². The van der Waals surface area contributed by atoms with E-state index in [-0.39, 0.29) is 6.42 Å². The Hall–Kier alpha value is -2.51. The number of carboxylic acid groups (broad SMARTS) is 1. The van der Waals surface area contributed by atoms with Crippen molar-refractivity contribution in [3.63, 3.8) is 0 Å². The molecule has 0 aromatic carbocycles. The monoisotopic (exact) mass is 330 g/mol. The first kappa shape index (κ1) is 16.4. The van der Waals surface area contributed by atoms with E-state index < -0.39 is 5.97 Å². The van der Waals surface area contributed by atoms with Crippen LogP contribution in [0.2, 0.25) is 0 Å². The lowest BCUT2D eigenvalue weighted by Crippen LogP contribution is -2.36. The second-order valence-electron chi connectivity index (χ2n) is 6.25. The van der Waals surface area contributed by atoms with Crippen molar-refractivity contribution in [1.82, 2.24) is 25.0 Å². The number of anilines is 1. The molecule has 8 heteroatoms. The summed E-state index contributed by atoms with van der Waals surface area (Å²) in [5, 5.41) is 17.0. The number of piperidine rings is 1. The van der Waals surface area contributed by atoms with Crippen LogP contribution in [0.15, 0.2) is 12.3 Å². The number of aryl methyl sites for hydroxylation is 3. The predicted octanol–water partition coefficient (Wildman–Crippen LogP) is 1.54. The minimum absolute atomic E-state index is 0.0845. The van der Waals surface area contributed by atoms with Crippen LogP contribution in [0.1, 0.15) is 42.4 Å². The van der Waals surface area contributed by atoms with Crippen molar-refractivity contribution in [3.05, 3.63) is 29.3 Å². The highest BCUT2D eigenvalue weighted by Crippen LogP contribution is 2.24. The molecule has 1 N–H and O–H groups in total. The topological polar surface area (TPSA) is 97.0 Å². The number of carboxylic acids is 1. The Morgan fingerprint density at radius 1 is 1.25 bits per heavy atom. The van der Waals surface area contributed by atoms with Gasteiger partial charge in [0.15, 0.2) is 0 Å². The average molecular weight is 330 g/mol. The lowest BCUT2D eigenvalue weighted by atomic mass is 10.1. The molecule has 0 amide bonds. The van der Waals surface area contributed by atoms with Gasteiger partial charge in [0.05, 0.1) is 18.2 Å². The summed E-state index contributed by atoms with van der Waals surface area (Å²) in [5.41, 5.74) is 2.70. The molecular weight excluding hydrogens is 308 g/mol. The average Bonchev–Trinajstić information content (AvgIpc) is 3.01. The van der Waals surface area contributed by atoms with Gasteiger partial charge in [-0.1, -0.05) is 5.21 Å². The van der Waals surface area contributed by atoms with Crippen LogP contribution < -0.4 is 4.90 Å². The zero-order valence-corrected chi connectivity index (χ0v) is 14.0. The highest BCUT2D eigenvalue weighted by molar-refractivity contribution is 5.66. The van der Waals surface area contributed by atoms with E-state index in [0.29, 0.717) is 12.5 Å². The van der Waals surface area contributed by atoms with Gasteiger partial charge in [0.25, 0.3) is 0 Å². The predicted molar refractivity (Wildman–Crippen MR) is 88.0 cm³/mol. The van der Waals surface area contributed by atoms with Crippen LogP contribution in [0, 0.1) is 13.8 Å². The number of hydrogen-bond donors (Lipinski definition) is 1. The third kappa shape index (κ3) is 3.87. The van der Waals surface area contributed by atoms with E-state index in [4.69, 9.17) is 5.11 Å². The van der Waals surface area contributed by atoms with E-state index in [1.54, 1.807) is 0 Å². The zero-order valence-electron chi connectivity index (χ0n) is 14.0. The Kier molecular flexibility index (Phi) is 4.73. The van der Waals surface area contributed by atoms with E-state index in [9.17, 15) is 4.79 Å². The molecule has 128 valence electrons. The van der Waals surface area contributed by atoms with Crippen molar-refractivity contribution in [2.45, 2.75) is 45.6 Å². The number of aliphatic carboxylic acids is 1. The first-order valence-electron chi connectivity index (χ1n) is 8.21. The second-order valence-corrected chi connectivity index (χ2v) is 6.25. The summed E-state index contributed by atoms with van der Waals surface area (Å²) >= 11 is 0. The van der Waals surface area contributed by atoms with Gasteiger partial charge in [0.1, 0.15) is 0 Å². The van der Waals surface area contributed by atoms with Crippen LogP contribution in [-0.2, 0) is 11.2 Å². The SMILES string of the molecule is Cc1cc(C)nc(N2CCC(n3cc(CCC(=O)O)nn3)CC2)n1. The van der Waals surface area contributed by atoms with E-state index in [2.05, 4.69) is 25.2 Å². The summed E-state index contributed by atoms with van der Waals surface area (Å²) in [6, 6.07) is 2.27. The molecule has 24 heavy (non-hydrogen) atoms. The van der Waals surface area contributed by atoms with Crippen molar-refractivity contribution in [2.75, 3.05) is 18.0 Å². The molecule has 1 saturated heterocycles.